The molecule has 3 heteroatoms. The Hall–Kier alpha value is -2.08. The van der Waals surface area contributed by atoms with E-state index >= 15 is 0 Å². The number of benzene rings is 1. The first-order chi connectivity index (χ1) is 9.24. The summed E-state index contributed by atoms with van der Waals surface area (Å²) in [5.41, 5.74) is 3.17. The molecule has 3 nitrogen and oxygen atoms in total. The summed E-state index contributed by atoms with van der Waals surface area (Å²) in [5.74, 6) is 0.256. The van der Waals surface area contributed by atoms with E-state index in [1.54, 1.807) is 0 Å². The smallest absolute Gasteiger partial charge is 0.168 e. The molecule has 96 valence electrons. The highest BCUT2D eigenvalue weighted by molar-refractivity contribution is 6.11. The second-order valence-electron chi connectivity index (χ2n) is 5.19. The van der Waals surface area contributed by atoms with Gasteiger partial charge in [-0.25, -0.2) is 0 Å². The van der Waals surface area contributed by atoms with Gasteiger partial charge in [0.05, 0.1) is 6.07 Å². The summed E-state index contributed by atoms with van der Waals surface area (Å²) in [6.07, 6.45) is 2.97. The first-order valence-corrected chi connectivity index (χ1v) is 6.71. The third-order valence-electron chi connectivity index (χ3n) is 4.18. The predicted molar refractivity (Wildman–Crippen MR) is 73.9 cm³/mol. The fourth-order valence-corrected chi connectivity index (χ4v) is 3.17. The van der Waals surface area contributed by atoms with E-state index < -0.39 is 0 Å². The Morgan fingerprint density at radius 2 is 2.21 bits per heavy atom. The Kier molecular flexibility index (Phi) is 2.87. The average Bonchev–Trinajstić information content (AvgIpc) is 2.73. The quantitative estimate of drug-likeness (QED) is 0.823. The van der Waals surface area contributed by atoms with Crippen LogP contribution in [0, 0.1) is 17.2 Å². The Morgan fingerprint density at radius 3 is 3.00 bits per heavy atom. The number of aromatic nitrogens is 1. The molecule has 0 fully saturated rings. The molecule has 0 bridgehead atoms. The van der Waals surface area contributed by atoms with Gasteiger partial charge in [-0.2, -0.15) is 5.26 Å². The number of hydrogen-bond donors (Lipinski definition) is 0. The number of carbonyl (C=O) groups excluding carboxylic acids is 1. The lowest BCUT2D eigenvalue weighted by atomic mass is 9.82. The second-order valence-corrected chi connectivity index (χ2v) is 5.19. The van der Waals surface area contributed by atoms with Crippen LogP contribution in [0.3, 0.4) is 0 Å². The highest BCUT2D eigenvalue weighted by Crippen LogP contribution is 2.35. The van der Waals surface area contributed by atoms with Crippen LogP contribution in [-0.2, 0) is 13.5 Å². The molecular formula is C16H16N2O. The van der Waals surface area contributed by atoms with E-state index in [1.165, 1.54) is 0 Å². The van der Waals surface area contributed by atoms with Crippen LogP contribution in [0.4, 0.5) is 0 Å². The first-order valence-electron chi connectivity index (χ1n) is 6.71. The standard InChI is InChI=1S/C16H16N2O/c1-18-13-7-3-2-6-12(13)15-14(18)9-8-11(16(15)19)5-4-10-17/h2-3,6-7,11H,4-5,8-9H2,1H3. The van der Waals surface area contributed by atoms with Crippen LogP contribution in [0.25, 0.3) is 10.9 Å². The van der Waals surface area contributed by atoms with Gasteiger partial charge in [0.25, 0.3) is 0 Å². The van der Waals surface area contributed by atoms with Gasteiger partial charge >= 0.3 is 0 Å². The lowest BCUT2D eigenvalue weighted by Crippen LogP contribution is -2.23. The fourth-order valence-electron chi connectivity index (χ4n) is 3.17. The summed E-state index contributed by atoms with van der Waals surface area (Å²) in [6, 6.07) is 10.2. The van der Waals surface area contributed by atoms with Crippen molar-refractivity contribution < 1.29 is 4.79 Å². The fraction of sp³-hybridized carbons (Fsp3) is 0.375. The Morgan fingerprint density at radius 1 is 1.42 bits per heavy atom. The molecule has 0 amide bonds. The Balaban J connectivity index is 2.11. The van der Waals surface area contributed by atoms with Crippen molar-refractivity contribution in [1.82, 2.24) is 4.57 Å². The topological polar surface area (TPSA) is 45.8 Å². The van der Waals surface area contributed by atoms with Crippen molar-refractivity contribution in [2.24, 2.45) is 13.0 Å². The van der Waals surface area contributed by atoms with E-state index in [0.717, 1.165) is 35.0 Å². The van der Waals surface area contributed by atoms with Gasteiger partial charge in [0.1, 0.15) is 0 Å². The van der Waals surface area contributed by atoms with Gasteiger partial charge in [0.15, 0.2) is 5.78 Å². The highest BCUT2D eigenvalue weighted by Gasteiger charge is 2.31. The van der Waals surface area contributed by atoms with Crippen molar-refractivity contribution >= 4 is 16.7 Å². The first kappa shape index (κ1) is 12.0. The second kappa shape index (κ2) is 4.55. The lowest BCUT2D eigenvalue weighted by Gasteiger charge is -2.21. The molecule has 1 atom stereocenters. The molecule has 1 aromatic heterocycles. The number of para-hydroxylation sites is 1. The van der Waals surface area contributed by atoms with E-state index in [1.807, 2.05) is 25.2 Å². The van der Waals surface area contributed by atoms with E-state index in [4.69, 9.17) is 5.26 Å². The van der Waals surface area contributed by atoms with Gasteiger partial charge in [0, 0.05) is 41.5 Å². The van der Waals surface area contributed by atoms with E-state index in [-0.39, 0.29) is 11.7 Å². The van der Waals surface area contributed by atoms with E-state index in [2.05, 4.69) is 16.7 Å². The van der Waals surface area contributed by atoms with Crippen molar-refractivity contribution in [3.63, 3.8) is 0 Å². The number of ketones is 1. The number of carbonyl (C=O) groups is 1. The molecule has 0 spiro atoms. The molecule has 0 N–H and O–H groups in total. The molecule has 0 saturated carbocycles. The maximum Gasteiger partial charge on any atom is 0.168 e. The summed E-state index contributed by atoms with van der Waals surface area (Å²) in [7, 11) is 2.03. The zero-order valence-corrected chi connectivity index (χ0v) is 11.0. The summed E-state index contributed by atoms with van der Waals surface area (Å²) < 4.78 is 2.14. The monoisotopic (exact) mass is 252 g/mol. The molecule has 1 unspecified atom stereocenters. The highest BCUT2D eigenvalue weighted by atomic mass is 16.1. The molecule has 0 aliphatic heterocycles. The minimum absolute atomic E-state index is 0.0259. The molecule has 1 aliphatic carbocycles. The summed E-state index contributed by atoms with van der Waals surface area (Å²) in [6.45, 7) is 0. The van der Waals surface area contributed by atoms with Crippen LogP contribution < -0.4 is 0 Å². The maximum absolute atomic E-state index is 12.6. The van der Waals surface area contributed by atoms with E-state index in [9.17, 15) is 4.79 Å². The van der Waals surface area contributed by atoms with Crippen molar-refractivity contribution in [1.29, 1.82) is 5.26 Å². The molecule has 1 heterocycles. The van der Waals surface area contributed by atoms with Crippen molar-refractivity contribution in [2.45, 2.75) is 25.7 Å². The maximum atomic E-state index is 12.6. The number of Topliss-reactive ketones (excluding diaryl/α,β-unsaturated/α-hetero) is 1. The minimum Gasteiger partial charge on any atom is -0.347 e. The molecular weight excluding hydrogens is 236 g/mol. The largest absolute Gasteiger partial charge is 0.347 e. The van der Waals surface area contributed by atoms with Gasteiger partial charge in [-0.15, -0.1) is 0 Å². The zero-order valence-electron chi connectivity index (χ0n) is 11.0. The number of aryl methyl sites for hydroxylation is 1. The van der Waals surface area contributed by atoms with E-state index in [0.29, 0.717) is 12.8 Å². The van der Waals surface area contributed by atoms with Crippen LogP contribution >= 0.6 is 0 Å². The number of fused-ring (bicyclic) bond motifs is 3. The SMILES string of the molecule is Cn1c2c(c3ccccc31)C(=O)C(CCC#N)CC2. The summed E-state index contributed by atoms with van der Waals surface area (Å²) in [4.78, 5) is 12.6. The molecule has 1 aliphatic rings. The third-order valence-corrected chi connectivity index (χ3v) is 4.18. The van der Waals surface area contributed by atoms with Gasteiger partial charge in [0.2, 0.25) is 0 Å². The Labute approximate surface area is 112 Å². The summed E-state index contributed by atoms with van der Waals surface area (Å²) in [5, 5.41) is 9.75. The van der Waals surface area contributed by atoms with Crippen LogP contribution in [0.5, 0.6) is 0 Å². The van der Waals surface area contributed by atoms with Crippen LogP contribution in [0.1, 0.15) is 35.3 Å². The van der Waals surface area contributed by atoms with Crippen molar-refractivity contribution in [3.05, 3.63) is 35.5 Å². The lowest BCUT2D eigenvalue weighted by molar-refractivity contribution is 0.0896. The average molecular weight is 252 g/mol. The number of nitrogens with zero attached hydrogens (tertiary/aromatic N) is 2. The van der Waals surface area contributed by atoms with Crippen LogP contribution in [0.2, 0.25) is 0 Å². The van der Waals surface area contributed by atoms with Crippen molar-refractivity contribution in [2.75, 3.05) is 0 Å². The Bertz CT molecular complexity index is 691. The molecule has 19 heavy (non-hydrogen) atoms. The summed E-state index contributed by atoms with van der Waals surface area (Å²) >= 11 is 0. The zero-order chi connectivity index (χ0) is 13.4. The molecule has 3 rings (SSSR count). The normalized spacial score (nSPS) is 18.3. The van der Waals surface area contributed by atoms with Gasteiger partial charge in [-0.3, -0.25) is 4.79 Å². The predicted octanol–water partition coefficient (Wildman–Crippen LogP) is 3.23. The number of nitriles is 1. The molecule has 0 radical (unpaired) electrons. The third kappa shape index (κ3) is 1.76. The van der Waals surface area contributed by atoms with Gasteiger partial charge in [-0.1, -0.05) is 18.2 Å². The van der Waals surface area contributed by atoms with Crippen LogP contribution in [0.15, 0.2) is 24.3 Å². The molecule has 1 aromatic carbocycles. The van der Waals surface area contributed by atoms with Crippen LogP contribution in [-0.4, -0.2) is 10.4 Å². The molecule has 0 saturated heterocycles. The van der Waals surface area contributed by atoms with Gasteiger partial charge in [-0.05, 0) is 25.3 Å². The minimum atomic E-state index is 0.0259. The molecule has 2 aromatic rings. The van der Waals surface area contributed by atoms with Gasteiger partial charge < -0.3 is 4.57 Å². The number of rotatable bonds is 2. The van der Waals surface area contributed by atoms with Crippen molar-refractivity contribution in [3.8, 4) is 6.07 Å². The number of hydrogen-bond acceptors (Lipinski definition) is 2.